The molecule has 0 saturated heterocycles. The Morgan fingerprint density at radius 2 is 1.90 bits per heavy atom. The zero-order valence-electron chi connectivity index (χ0n) is 12.4. The minimum atomic E-state index is -0.848. The molecule has 1 atom stereocenters. The SMILES string of the molecule is C=C(C)C(=O)OCCC(C)(Cc1ccccc1)OC(N)=O. The monoisotopic (exact) mass is 291 g/mol. The van der Waals surface area contributed by atoms with Gasteiger partial charge in [-0.15, -0.1) is 0 Å². The number of esters is 1. The zero-order valence-corrected chi connectivity index (χ0v) is 12.4. The fourth-order valence-corrected chi connectivity index (χ4v) is 1.93. The summed E-state index contributed by atoms with van der Waals surface area (Å²) in [5.41, 5.74) is 5.63. The highest BCUT2D eigenvalue weighted by atomic mass is 16.6. The molecule has 0 fully saturated rings. The van der Waals surface area contributed by atoms with Gasteiger partial charge in [-0.25, -0.2) is 9.59 Å². The van der Waals surface area contributed by atoms with Gasteiger partial charge in [0, 0.05) is 18.4 Å². The Hall–Kier alpha value is -2.30. The largest absolute Gasteiger partial charge is 0.462 e. The van der Waals surface area contributed by atoms with E-state index in [1.165, 1.54) is 0 Å². The Morgan fingerprint density at radius 1 is 1.29 bits per heavy atom. The standard InChI is InChI=1S/C16H21NO4/c1-12(2)14(18)20-10-9-16(3,21-15(17)19)11-13-7-5-4-6-8-13/h4-8H,1,9-11H2,2-3H3,(H2,17,19). The molecule has 0 aromatic heterocycles. The minimum absolute atomic E-state index is 0.127. The number of hydrogen-bond acceptors (Lipinski definition) is 4. The summed E-state index contributed by atoms with van der Waals surface area (Å²) in [4.78, 5) is 22.4. The van der Waals surface area contributed by atoms with Crippen LogP contribution in [0.5, 0.6) is 0 Å². The lowest BCUT2D eigenvalue weighted by Gasteiger charge is -2.28. The molecule has 5 heteroatoms. The van der Waals surface area contributed by atoms with Gasteiger partial charge in [0.15, 0.2) is 0 Å². The molecule has 0 aliphatic rings. The Bertz CT molecular complexity index is 512. The van der Waals surface area contributed by atoms with Gasteiger partial charge in [-0.3, -0.25) is 0 Å². The molecule has 0 aliphatic heterocycles. The van der Waals surface area contributed by atoms with Gasteiger partial charge in [0.1, 0.15) is 5.60 Å². The smallest absolute Gasteiger partial charge is 0.405 e. The topological polar surface area (TPSA) is 78.6 Å². The average Bonchev–Trinajstić information content (AvgIpc) is 2.38. The predicted octanol–water partition coefficient (Wildman–Crippen LogP) is 2.59. The molecule has 1 unspecified atom stereocenters. The molecular formula is C16H21NO4. The van der Waals surface area contributed by atoms with Crippen molar-refractivity contribution in [2.75, 3.05) is 6.61 Å². The zero-order chi connectivity index (χ0) is 15.9. The number of amides is 1. The van der Waals surface area contributed by atoms with Gasteiger partial charge < -0.3 is 15.2 Å². The second-order valence-electron chi connectivity index (χ2n) is 5.20. The Morgan fingerprint density at radius 3 is 2.43 bits per heavy atom. The number of carbonyl (C=O) groups is 2. The predicted molar refractivity (Wildman–Crippen MR) is 79.6 cm³/mol. The van der Waals surface area contributed by atoms with E-state index in [4.69, 9.17) is 15.2 Å². The van der Waals surface area contributed by atoms with Crippen molar-refractivity contribution in [1.82, 2.24) is 0 Å². The summed E-state index contributed by atoms with van der Waals surface area (Å²) in [6.07, 6.45) is -0.00899. The molecule has 5 nitrogen and oxygen atoms in total. The summed E-state index contributed by atoms with van der Waals surface area (Å²) < 4.78 is 10.3. The fraction of sp³-hybridized carbons (Fsp3) is 0.375. The molecule has 1 aromatic rings. The van der Waals surface area contributed by atoms with E-state index in [1.54, 1.807) is 13.8 Å². The van der Waals surface area contributed by atoms with E-state index in [9.17, 15) is 9.59 Å². The number of rotatable bonds is 7. The van der Waals surface area contributed by atoms with Gasteiger partial charge in [-0.2, -0.15) is 0 Å². The second-order valence-corrected chi connectivity index (χ2v) is 5.20. The number of carbonyl (C=O) groups excluding carboxylic acids is 2. The fourth-order valence-electron chi connectivity index (χ4n) is 1.93. The minimum Gasteiger partial charge on any atom is -0.462 e. The average molecular weight is 291 g/mol. The van der Waals surface area contributed by atoms with Crippen LogP contribution in [0.4, 0.5) is 4.79 Å². The van der Waals surface area contributed by atoms with E-state index < -0.39 is 17.7 Å². The number of benzene rings is 1. The first-order valence-corrected chi connectivity index (χ1v) is 6.67. The van der Waals surface area contributed by atoms with Gasteiger partial charge >= 0.3 is 12.1 Å². The van der Waals surface area contributed by atoms with Crippen molar-refractivity contribution < 1.29 is 19.1 Å². The van der Waals surface area contributed by atoms with Crippen molar-refractivity contribution in [2.45, 2.75) is 32.3 Å². The summed E-state index contributed by atoms with van der Waals surface area (Å²) in [6, 6.07) is 9.58. The molecule has 0 radical (unpaired) electrons. The molecular weight excluding hydrogens is 270 g/mol. The van der Waals surface area contributed by atoms with Gasteiger partial charge in [-0.05, 0) is 19.4 Å². The lowest BCUT2D eigenvalue weighted by atomic mass is 9.93. The van der Waals surface area contributed by atoms with E-state index in [-0.39, 0.29) is 6.61 Å². The van der Waals surface area contributed by atoms with Crippen molar-refractivity contribution in [2.24, 2.45) is 5.73 Å². The van der Waals surface area contributed by atoms with E-state index >= 15 is 0 Å². The molecule has 0 saturated carbocycles. The maximum Gasteiger partial charge on any atom is 0.405 e. The van der Waals surface area contributed by atoms with Crippen molar-refractivity contribution in [3.05, 3.63) is 48.0 Å². The van der Waals surface area contributed by atoms with E-state index in [0.29, 0.717) is 18.4 Å². The van der Waals surface area contributed by atoms with Crippen molar-refractivity contribution in [1.29, 1.82) is 0 Å². The summed E-state index contributed by atoms with van der Waals surface area (Å²) in [5, 5.41) is 0. The van der Waals surface area contributed by atoms with Crippen molar-refractivity contribution in [3.8, 4) is 0 Å². The maximum absolute atomic E-state index is 11.4. The molecule has 0 aliphatic carbocycles. The maximum atomic E-state index is 11.4. The van der Waals surface area contributed by atoms with Gasteiger partial charge in [-0.1, -0.05) is 36.9 Å². The first-order valence-electron chi connectivity index (χ1n) is 6.67. The Labute approximate surface area is 124 Å². The third-order valence-corrected chi connectivity index (χ3v) is 2.98. The van der Waals surface area contributed by atoms with E-state index in [2.05, 4.69) is 6.58 Å². The first kappa shape index (κ1) is 16.8. The highest BCUT2D eigenvalue weighted by Gasteiger charge is 2.29. The van der Waals surface area contributed by atoms with Crippen LogP contribution in [0.1, 0.15) is 25.8 Å². The third-order valence-electron chi connectivity index (χ3n) is 2.98. The van der Waals surface area contributed by atoms with Crippen LogP contribution in [0.25, 0.3) is 0 Å². The van der Waals surface area contributed by atoms with Crippen molar-refractivity contribution >= 4 is 12.1 Å². The molecule has 2 N–H and O–H groups in total. The van der Waals surface area contributed by atoms with Crippen LogP contribution < -0.4 is 5.73 Å². The molecule has 114 valence electrons. The second kappa shape index (κ2) is 7.47. The van der Waals surface area contributed by atoms with Crippen LogP contribution in [0.3, 0.4) is 0 Å². The number of primary amides is 1. The molecule has 1 amide bonds. The normalized spacial score (nSPS) is 13.0. The number of hydrogen-bond donors (Lipinski definition) is 1. The summed E-state index contributed by atoms with van der Waals surface area (Å²) in [6.45, 7) is 6.97. The van der Waals surface area contributed by atoms with Crippen LogP contribution in [0, 0.1) is 0 Å². The Balaban J connectivity index is 2.67. The number of nitrogens with two attached hydrogens (primary N) is 1. The summed E-state index contributed by atoms with van der Waals surface area (Å²) in [5.74, 6) is -0.462. The van der Waals surface area contributed by atoms with Gasteiger partial charge in [0.25, 0.3) is 0 Å². The van der Waals surface area contributed by atoms with Crippen LogP contribution in [-0.2, 0) is 20.7 Å². The highest BCUT2D eigenvalue weighted by molar-refractivity contribution is 5.86. The lowest BCUT2D eigenvalue weighted by Crippen LogP contribution is -2.37. The molecule has 1 rings (SSSR count). The van der Waals surface area contributed by atoms with Crippen LogP contribution >= 0.6 is 0 Å². The highest BCUT2D eigenvalue weighted by Crippen LogP contribution is 2.22. The van der Waals surface area contributed by atoms with Crippen LogP contribution in [-0.4, -0.2) is 24.3 Å². The third kappa shape index (κ3) is 6.12. The number of ether oxygens (including phenoxy) is 2. The van der Waals surface area contributed by atoms with Gasteiger partial charge in [0.2, 0.25) is 0 Å². The summed E-state index contributed by atoms with van der Waals surface area (Å²) >= 11 is 0. The molecule has 1 aromatic carbocycles. The quantitative estimate of drug-likeness (QED) is 0.618. The molecule has 21 heavy (non-hydrogen) atoms. The Kier molecular flexibility index (Phi) is 5.96. The van der Waals surface area contributed by atoms with E-state index in [1.807, 2.05) is 30.3 Å². The summed E-state index contributed by atoms with van der Waals surface area (Å²) in [7, 11) is 0. The van der Waals surface area contributed by atoms with Gasteiger partial charge in [0.05, 0.1) is 6.61 Å². The molecule has 0 spiro atoms. The molecule has 0 heterocycles. The molecule has 0 bridgehead atoms. The van der Waals surface area contributed by atoms with Crippen LogP contribution in [0.2, 0.25) is 0 Å². The van der Waals surface area contributed by atoms with Crippen LogP contribution in [0.15, 0.2) is 42.5 Å². The lowest BCUT2D eigenvalue weighted by molar-refractivity contribution is -0.140. The van der Waals surface area contributed by atoms with Crippen molar-refractivity contribution in [3.63, 3.8) is 0 Å². The van der Waals surface area contributed by atoms with E-state index in [0.717, 1.165) is 5.56 Å². The first-order chi connectivity index (χ1) is 9.82.